The van der Waals surface area contributed by atoms with Gasteiger partial charge in [-0.05, 0) is 37.0 Å². The molecular formula is C25H30IN5O4S. The summed E-state index contributed by atoms with van der Waals surface area (Å²) in [5, 5.41) is 17.2. The third-order valence-electron chi connectivity index (χ3n) is 6.42. The summed E-state index contributed by atoms with van der Waals surface area (Å²) in [6, 6.07) is 7.02. The van der Waals surface area contributed by atoms with Crippen LogP contribution in [0.15, 0.2) is 34.3 Å². The highest BCUT2D eigenvalue weighted by Gasteiger charge is 2.43. The number of nitrogens with one attached hydrogen (secondary N) is 2. The average molecular weight is 624 g/mol. The smallest absolute Gasteiger partial charge is 0.243 e. The van der Waals surface area contributed by atoms with Gasteiger partial charge in [0.15, 0.2) is 0 Å². The maximum absolute atomic E-state index is 13.5. The molecule has 3 atom stereocenters. The van der Waals surface area contributed by atoms with Crippen molar-refractivity contribution in [1.82, 2.24) is 20.4 Å². The van der Waals surface area contributed by atoms with E-state index in [1.54, 1.807) is 24.3 Å². The molecule has 0 saturated carbocycles. The second-order valence-corrected chi connectivity index (χ2v) is 10.8. The van der Waals surface area contributed by atoms with E-state index < -0.39 is 18.1 Å². The minimum Gasteiger partial charge on any atom is -0.391 e. The van der Waals surface area contributed by atoms with Crippen LogP contribution in [0.3, 0.4) is 0 Å². The van der Waals surface area contributed by atoms with E-state index in [1.807, 2.05) is 44.5 Å². The number of aryl methyl sites for hydroxylation is 2. The number of aromatic nitrogens is 2. The number of carbonyl (C=O) groups excluding carboxylic acids is 2. The van der Waals surface area contributed by atoms with Gasteiger partial charge in [-0.3, -0.25) is 9.59 Å². The van der Waals surface area contributed by atoms with Gasteiger partial charge in [0.1, 0.15) is 17.7 Å². The molecule has 9 nitrogen and oxygen atoms in total. The molecule has 3 aromatic rings. The maximum atomic E-state index is 13.5. The van der Waals surface area contributed by atoms with E-state index in [0.717, 1.165) is 27.4 Å². The molecule has 0 radical (unpaired) electrons. The molecular weight excluding hydrogens is 593 g/mol. The SMILES string of the molecule is Cc1cc([C@@H](C(=O)N2C[C@@H](O)C[C@@H]2C(=O)NCc2ccc(-c3scnc3C)cc2NI)C(C)C)on1. The lowest BCUT2D eigenvalue weighted by atomic mass is 9.91. The molecule has 1 saturated heterocycles. The van der Waals surface area contributed by atoms with Crippen molar-refractivity contribution in [3.63, 3.8) is 0 Å². The monoisotopic (exact) mass is 623 g/mol. The molecule has 2 aromatic heterocycles. The molecule has 1 fully saturated rings. The number of rotatable bonds is 8. The number of likely N-dealkylation sites (tertiary alicyclic amines) is 1. The first-order valence-corrected chi connectivity index (χ1v) is 13.7. The van der Waals surface area contributed by atoms with E-state index >= 15 is 0 Å². The van der Waals surface area contributed by atoms with Crippen LogP contribution in [0.25, 0.3) is 10.4 Å². The van der Waals surface area contributed by atoms with Crippen molar-refractivity contribution >= 4 is 51.7 Å². The fourth-order valence-electron chi connectivity index (χ4n) is 4.59. The molecule has 0 bridgehead atoms. The number of benzene rings is 1. The summed E-state index contributed by atoms with van der Waals surface area (Å²) in [6.07, 6.45) is -0.568. The molecule has 3 N–H and O–H groups in total. The third kappa shape index (κ3) is 5.57. The van der Waals surface area contributed by atoms with Crippen LogP contribution in [0.5, 0.6) is 0 Å². The van der Waals surface area contributed by atoms with E-state index in [9.17, 15) is 14.7 Å². The van der Waals surface area contributed by atoms with Crippen molar-refractivity contribution in [2.75, 3.05) is 10.1 Å². The van der Waals surface area contributed by atoms with Gasteiger partial charge < -0.3 is 23.4 Å². The van der Waals surface area contributed by atoms with E-state index in [4.69, 9.17) is 4.52 Å². The number of β-amino-alcohol motifs (C(OH)–C–C–N with tert-alkyl or cyclic N) is 1. The molecule has 0 unspecified atom stereocenters. The number of aliphatic hydroxyl groups is 1. The molecule has 0 spiro atoms. The lowest BCUT2D eigenvalue weighted by molar-refractivity contribution is -0.141. The van der Waals surface area contributed by atoms with Gasteiger partial charge in [0.2, 0.25) is 11.8 Å². The van der Waals surface area contributed by atoms with Crippen molar-refractivity contribution < 1.29 is 19.2 Å². The summed E-state index contributed by atoms with van der Waals surface area (Å²) in [5.41, 5.74) is 6.35. The summed E-state index contributed by atoms with van der Waals surface area (Å²) < 4.78 is 8.57. The van der Waals surface area contributed by atoms with Crippen LogP contribution in [0.2, 0.25) is 0 Å². The second-order valence-electron chi connectivity index (χ2n) is 9.44. The number of anilines is 1. The zero-order valence-electron chi connectivity index (χ0n) is 20.6. The normalized spacial score (nSPS) is 18.5. The van der Waals surface area contributed by atoms with Gasteiger partial charge in [0.25, 0.3) is 0 Å². The standard InChI is InChI=1S/C25H30IN5O4S/c1-13(2)22(21-7-14(3)30-35-21)25(34)31-11-18(32)9-20(31)24(33)27-10-17-6-5-16(8-19(17)29-26)23-15(4)28-12-36-23/h5-8,12-13,18,20,22,29,32H,9-11H2,1-4H3,(H,27,33)/t18-,20+,22-/m0/s1. The first-order chi connectivity index (χ1) is 17.2. The molecule has 1 aliphatic rings. The van der Waals surface area contributed by atoms with Crippen LogP contribution >= 0.6 is 34.2 Å². The van der Waals surface area contributed by atoms with Crippen molar-refractivity contribution in [2.45, 2.75) is 58.7 Å². The topological polar surface area (TPSA) is 121 Å². The van der Waals surface area contributed by atoms with E-state index in [1.165, 1.54) is 4.90 Å². The Morgan fingerprint density at radius 1 is 1.31 bits per heavy atom. The van der Waals surface area contributed by atoms with Crippen molar-refractivity contribution in [1.29, 1.82) is 0 Å². The average Bonchev–Trinajstić information content (AvgIpc) is 3.57. The lowest BCUT2D eigenvalue weighted by Crippen LogP contribution is -2.48. The minimum absolute atomic E-state index is 0.0655. The largest absolute Gasteiger partial charge is 0.391 e. The molecule has 2 amide bonds. The Balaban J connectivity index is 1.48. The van der Waals surface area contributed by atoms with Gasteiger partial charge in [-0.1, -0.05) is 31.1 Å². The summed E-state index contributed by atoms with van der Waals surface area (Å²) >= 11 is 3.66. The van der Waals surface area contributed by atoms with Crippen LogP contribution in [-0.2, 0) is 16.1 Å². The van der Waals surface area contributed by atoms with Crippen molar-refractivity contribution in [2.24, 2.45) is 5.92 Å². The number of aliphatic hydroxyl groups excluding tert-OH is 1. The number of carbonyl (C=O) groups is 2. The Morgan fingerprint density at radius 2 is 2.08 bits per heavy atom. The molecule has 1 aliphatic heterocycles. The predicted molar refractivity (Wildman–Crippen MR) is 147 cm³/mol. The highest BCUT2D eigenvalue weighted by molar-refractivity contribution is 14.1. The zero-order chi connectivity index (χ0) is 26.0. The van der Waals surface area contributed by atoms with Crippen LogP contribution in [0, 0.1) is 19.8 Å². The highest BCUT2D eigenvalue weighted by Crippen LogP contribution is 2.33. The maximum Gasteiger partial charge on any atom is 0.243 e. The Morgan fingerprint density at radius 3 is 2.69 bits per heavy atom. The lowest BCUT2D eigenvalue weighted by Gasteiger charge is -2.28. The summed E-state index contributed by atoms with van der Waals surface area (Å²) in [6.45, 7) is 8.03. The molecule has 192 valence electrons. The number of hydrogen-bond donors (Lipinski definition) is 3. The molecule has 4 rings (SSSR count). The first kappa shape index (κ1) is 26.6. The van der Waals surface area contributed by atoms with Gasteiger partial charge in [-0.15, -0.1) is 11.3 Å². The number of amides is 2. The zero-order valence-corrected chi connectivity index (χ0v) is 23.6. The number of hydrogen-bond acceptors (Lipinski definition) is 8. The van der Waals surface area contributed by atoms with Crippen LogP contribution in [-0.4, -0.2) is 50.7 Å². The summed E-state index contributed by atoms with van der Waals surface area (Å²) in [7, 11) is 0. The predicted octanol–water partition coefficient (Wildman–Crippen LogP) is 4.19. The molecule has 11 heteroatoms. The fourth-order valence-corrected chi connectivity index (χ4v) is 5.89. The van der Waals surface area contributed by atoms with Gasteiger partial charge >= 0.3 is 0 Å². The molecule has 1 aromatic carbocycles. The van der Waals surface area contributed by atoms with Crippen LogP contribution < -0.4 is 8.85 Å². The van der Waals surface area contributed by atoms with Crippen LogP contribution in [0.1, 0.15) is 48.9 Å². The molecule has 0 aliphatic carbocycles. The van der Waals surface area contributed by atoms with Crippen LogP contribution in [0.4, 0.5) is 5.69 Å². The van der Waals surface area contributed by atoms with Crippen molar-refractivity contribution in [3.8, 4) is 10.4 Å². The van der Waals surface area contributed by atoms with Gasteiger partial charge in [-0.2, -0.15) is 0 Å². The summed E-state index contributed by atoms with van der Waals surface area (Å²) in [5.74, 6) is -0.703. The number of halogens is 1. The fraction of sp³-hybridized carbons (Fsp3) is 0.440. The Kier molecular flexibility index (Phi) is 8.30. The Labute approximate surface area is 228 Å². The molecule has 3 heterocycles. The number of nitrogens with zero attached hydrogens (tertiary/aromatic N) is 3. The van der Waals surface area contributed by atoms with Gasteiger partial charge in [0.05, 0.1) is 50.7 Å². The Hall–Kier alpha value is -2.51. The van der Waals surface area contributed by atoms with Gasteiger partial charge in [-0.25, -0.2) is 4.98 Å². The quantitative estimate of drug-likeness (QED) is 0.254. The van der Waals surface area contributed by atoms with E-state index in [-0.39, 0.29) is 37.2 Å². The molecule has 36 heavy (non-hydrogen) atoms. The minimum atomic E-state index is -0.762. The summed E-state index contributed by atoms with van der Waals surface area (Å²) in [4.78, 5) is 33.7. The number of thiazole rings is 1. The third-order valence-corrected chi connectivity index (χ3v) is 7.98. The highest BCUT2D eigenvalue weighted by atomic mass is 127. The van der Waals surface area contributed by atoms with Gasteiger partial charge in [0, 0.05) is 31.3 Å². The van der Waals surface area contributed by atoms with E-state index in [2.05, 4.69) is 41.9 Å². The first-order valence-electron chi connectivity index (χ1n) is 11.8. The Bertz CT molecular complexity index is 1240. The second kappa shape index (κ2) is 11.3. The van der Waals surface area contributed by atoms with Crippen molar-refractivity contribution in [3.05, 3.63) is 52.5 Å². The van der Waals surface area contributed by atoms with E-state index in [0.29, 0.717) is 11.5 Å².